The number of nitrogens with zero attached hydrogens (tertiary/aromatic N) is 1. The van der Waals surface area contributed by atoms with Crippen LogP contribution in [0.15, 0.2) is 6.08 Å². The molecule has 0 bridgehead atoms. The Morgan fingerprint density at radius 3 is 2.55 bits per heavy atom. The van der Waals surface area contributed by atoms with Crippen LogP contribution >= 0.6 is 0 Å². The highest BCUT2D eigenvalue weighted by molar-refractivity contribution is 4.91. The van der Waals surface area contributed by atoms with Crippen molar-refractivity contribution in [3.05, 3.63) is 12.2 Å². The number of hydrogen-bond acceptors (Lipinski definition) is 1. The fourth-order valence-electron chi connectivity index (χ4n) is 0.968. The molecule has 0 spiro atoms. The van der Waals surface area contributed by atoms with Gasteiger partial charge in [0.25, 0.3) is 0 Å². The van der Waals surface area contributed by atoms with Crippen molar-refractivity contribution in [1.82, 2.24) is 0 Å². The second-order valence-electron chi connectivity index (χ2n) is 2.66. The van der Waals surface area contributed by atoms with Crippen LogP contribution in [0.25, 0.3) is 0 Å². The lowest BCUT2D eigenvalue weighted by molar-refractivity contribution is 0.637. The van der Waals surface area contributed by atoms with Crippen molar-refractivity contribution in [1.29, 1.82) is 5.26 Å². The smallest absolute Gasteiger partial charge is 0.100 e. The first-order valence-corrected chi connectivity index (χ1v) is 4.38. The summed E-state index contributed by atoms with van der Waals surface area (Å²) in [6.07, 6.45) is 11.8. The number of rotatable bonds is 6. The zero-order valence-electron chi connectivity index (χ0n) is 7.27. The molecule has 0 heterocycles. The molecule has 0 saturated heterocycles. The molecule has 0 atom stereocenters. The minimum atomic E-state index is 1.01. The number of nitriles is 1. The molecule has 0 aromatic heterocycles. The average Bonchev–Trinajstić information content (AvgIpc) is 2.03. The summed E-state index contributed by atoms with van der Waals surface area (Å²) in [6.45, 7) is 2.21. The minimum absolute atomic E-state index is 1.01. The molecule has 0 aromatic carbocycles. The molecule has 0 fully saturated rings. The first-order chi connectivity index (χ1) is 5.41. The summed E-state index contributed by atoms with van der Waals surface area (Å²) >= 11 is 0. The third kappa shape index (κ3) is 9.23. The third-order valence-electron chi connectivity index (χ3n) is 1.62. The quantitative estimate of drug-likeness (QED) is 0.421. The van der Waals surface area contributed by atoms with Gasteiger partial charge in [0.1, 0.15) is 6.07 Å². The monoisotopic (exact) mass is 150 g/mol. The predicted molar refractivity (Wildman–Crippen MR) is 46.8 cm³/mol. The highest BCUT2D eigenvalue weighted by Crippen LogP contribution is 2.04. The first kappa shape index (κ1) is 10.2. The molecule has 0 aliphatic rings. The van der Waals surface area contributed by atoms with E-state index < -0.39 is 0 Å². The summed E-state index contributed by atoms with van der Waals surface area (Å²) in [5, 5.41) is 8.11. The van der Waals surface area contributed by atoms with Crippen LogP contribution in [0.4, 0.5) is 0 Å². The van der Waals surface area contributed by atoms with Gasteiger partial charge in [0.2, 0.25) is 0 Å². The van der Waals surface area contributed by atoms with E-state index in [4.69, 9.17) is 5.26 Å². The molecule has 0 aromatic rings. The van der Waals surface area contributed by atoms with E-state index in [1.807, 2.05) is 12.1 Å². The van der Waals surface area contributed by atoms with Crippen LogP contribution in [0.5, 0.6) is 0 Å². The Morgan fingerprint density at radius 1 is 1.18 bits per heavy atom. The van der Waals surface area contributed by atoms with Gasteiger partial charge in [0.15, 0.2) is 0 Å². The summed E-state index contributed by atoms with van der Waals surface area (Å²) in [6, 6.07) is 1.86. The van der Waals surface area contributed by atoms with Crippen LogP contribution < -0.4 is 0 Å². The van der Waals surface area contributed by atoms with E-state index in [9.17, 15) is 0 Å². The molecule has 0 N–H and O–H groups in total. The summed E-state index contributed by atoms with van der Waals surface area (Å²) in [5.74, 6) is 0. The normalized spacial score (nSPS) is 10.2. The fourth-order valence-corrected chi connectivity index (χ4v) is 0.968. The van der Waals surface area contributed by atoms with Crippen molar-refractivity contribution < 1.29 is 0 Å². The van der Waals surface area contributed by atoms with Gasteiger partial charge in [-0.25, -0.2) is 0 Å². The van der Waals surface area contributed by atoms with Crippen molar-refractivity contribution in [3.63, 3.8) is 0 Å². The molecule has 1 nitrogen and oxygen atoms in total. The SMILES string of the molecule is CCCCCCC/C=[C]\C#N. The molecular weight excluding hydrogens is 134 g/mol. The van der Waals surface area contributed by atoms with Crippen molar-refractivity contribution in [2.45, 2.75) is 45.4 Å². The van der Waals surface area contributed by atoms with Gasteiger partial charge in [-0.2, -0.15) is 5.26 Å². The molecule has 0 amide bonds. The summed E-state index contributed by atoms with van der Waals surface area (Å²) in [5.41, 5.74) is 0. The van der Waals surface area contributed by atoms with E-state index in [0.29, 0.717) is 0 Å². The number of unbranched alkanes of at least 4 members (excludes halogenated alkanes) is 5. The lowest BCUT2D eigenvalue weighted by atomic mass is 10.1. The Bertz CT molecular complexity index is 130. The van der Waals surface area contributed by atoms with Gasteiger partial charge in [0.05, 0.1) is 6.08 Å². The number of hydrogen-bond donors (Lipinski definition) is 0. The van der Waals surface area contributed by atoms with Crippen molar-refractivity contribution in [2.75, 3.05) is 0 Å². The Morgan fingerprint density at radius 2 is 1.91 bits per heavy atom. The third-order valence-corrected chi connectivity index (χ3v) is 1.62. The molecule has 1 radical (unpaired) electrons. The largest absolute Gasteiger partial charge is 0.192 e. The maximum Gasteiger partial charge on any atom is 0.100 e. The minimum Gasteiger partial charge on any atom is -0.192 e. The van der Waals surface area contributed by atoms with E-state index >= 15 is 0 Å². The van der Waals surface area contributed by atoms with Crippen molar-refractivity contribution in [2.24, 2.45) is 0 Å². The Hall–Kier alpha value is -0.770. The molecule has 11 heavy (non-hydrogen) atoms. The van der Waals surface area contributed by atoms with Crippen molar-refractivity contribution >= 4 is 0 Å². The summed E-state index contributed by atoms with van der Waals surface area (Å²) < 4.78 is 0. The zero-order valence-corrected chi connectivity index (χ0v) is 7.27. The highest BCUT2D eigenvalue weighted by atomic mass is 14.2. The van der Waals surface area contributed by atoms with Gasteiger partial charge >= 0.3 is 0 Å². The summed E-state index contributed by atoms with van der Waals surface area (Å²) in [7, 11) is 0. The molecule has 0 aliphatic heterocycles. The molecule has 0 aliphatic carbocycles. The van der Waals surface area contributed by atoms with Crippen LogP contribution in [0.3, 0.4) is 0 Å². The van der Waals surface area contributed by atoms with E-state index in [0.717, 1.165) is 6.42 Å². The van der Waals surface area contributed by atoms with Gasteiger partial charge in [-0.15, -0.1) is 0 Å². The lowest BCUT2D eigenvalue weighted by Gasteiger charge is -1.94. The summed E-state index contributed by atoms with van der Waals surface area (Å²) in [4.78, 5) is 0. The van der Waals surface area contributed by atoms with Gasteiger partial charge in [-0.1, -0.05) is 38.7 Å². The molecule has 0 unspecified atom stereocenters. The highest BCUT2D eigenvalue weighted by Gasteiger charge is 1.85. The van der Waals surface area contributed by atoms with Crippen LogP contribution in [-0.2, 0) is 0 Å². The van der Waals surface area contributed by atoms with Gasteiger partial charge in [-0.05, 0) is 12.8 Å². The molecule has 61 valence electrons. The van der Waals surface area contributed by atoms with Crippen LogP contribution in [0, 0.1) is 17.4 Å². The zero-order chi connectivity index (χ0) is 8.36. The van der Waals surface area contributed by atoms with Crippen LogP contribution in [-0.4, -0.2) is 0 Å². The number of allylic oxidation sites excluding steroid dienone is 2. The molecule has 0 saturated carbocycles. The maximum atomic E-state index is 8.11. The van der Waals surface area contributed by atoms with Crippen molar-refractivity contribution in [3.8, 4) is 6.07 Å². The second-order valence-corrected chi connectivity index (χ2v) is 2.66. The van der Waals surface area contributed by atoms with Gasteiger partial charge in [0, 0.05) is 0 Å². The van der Waals surface area contributed by atoms with Crippen LogP contribution in [0.2, 0.25) is 0 Å². The Balaban J connectivity index is 2.92. The van der Waals surface area contributed by atoms with E-state index in [1.165, 1.54) is 32.1 Å². The molecule has 0 rings (SSSR count). The predicted octanol–water partition coefficient (Wildman–Crippen LogP) is 3.23. The van der Waals surface area contributed by atoms with Gasteiger partial charge in [-0.3, -0.25) is 0 Å². The maximum absolute atomic E-state index is 8.11. The van der Waals surface area contributed by atoms with Gasteiger partial charge < -0.3 is 0 Å². The molecule has 1 heteroatoms. The lowest BCUT2D eigenvalue weighted by Crippen LogP contribution is -1.75. The Labute approximate surface area is 69.7 Å². The Kier molecular flexibility index (Phi) is 8.58. The van der Waals surface area contributed by atoms with E-state index in [-0.39, 0.29) is 0 Å². The topological polar surface area (TPSA) is 23.8 Å². The van der Waals surface area contributed by atoms with E-state index in [1.54, 1.807) is 0 Å². The van der Waals surface area contributed by atoms with E-state index in [2.05, 4.69) is 13.0 Å². The molecular formula is C10H16N. The van der Waals surface area contributed by atoms with Crippen LogP contribution in [0.1, 0.15) is 45.4 Å². The fraction of sp³-hybridized carbons (Fsp3) is 0.700. The second kappa shape index (κ2) is 9.23. The average molecular weight is 150 g/mol. The first-order valence-electron chi connectivity index (χ1n) is 4.38. The standard InChI is InChI=1S/C10H16N/c1-2-3-4-5-6-7-8-9-10-11/h8H,2-7H2,1H3.